The molecular formula is C29H32N4O5S. The standard InChI is InChI=1S/C29H32N4O5S/c1-19-13-20(14-28(34)32-21-16-31-33(17-21)29(2,3)4)5-8-26(19)38-27-9-11-30-25-7-6-22(15-24(25)27)39(35,36)23-10-12-37-18-23/h5-9,11,13,15-17,23H,10,12,14,18H2,1-4H3,(H,32,34). The average molecular weight is 549 g/mol. The fraction of sp³-hybridized carbons (Fsp3) is 0.345. The van der Waals surface area contributed by atoms with Crippen molar-refractivity contribution >= 4 is 32.3 Å². The highest BCUT2D eigenvalue weighted by Crippen LogP contribution is 2.33. The van der Waals surface area contributed by atoms with Gasteiger partial charge in [-0.1, -0.05) is 12.1 Å². The summed E-state index contributed by atoms with van der Waals surface area (Å²) >= 11 is 0. The lowest BCUT2D eigenvalue weighted by Crippen LogP contribution is -2.22. The van der Waals surface area contributed by atoms with E-state index in [-0.39, 0.29) is 29.4 Å². The highest BCUT2D eigenvalue weighted by Gasteiger charge is 2.31. The predicted molar refractivity (Wildman–Crippen MR) is 149 cm³/mol. The molecule has 39 heavy (non-hydrogen) atoms. The number of carbonyl (C=O) groups is 1. The number of aromatic nitrogens is 3. The first-order valence-electron chi connectivity index (χ1n) is 12.8. The van der Waals surface area contributed by atoms with Gasteiger partial charge in [-0.2, -0.15) is 5.10 Å². The van der Waals surface area contributed by atoms with Gasteiger partial charge in [0.25, 0.3) is 0 Å². The zero-order valence-corrected chi connectivity index (χ0v) is 23.3. The molecular weight excluding hydrogens is 516 g/mol. The fourth-order valence-electron chi connectivity index (χ4n) is 4.52. The van der Waals surface area contributed by atoms with Gasteiger partial charge in [0.2, 0.25) is 5.91 Å². The van der Waals surface area contributed by atoms with Crippen molar-refractivity contribution in [3.63, 3.8) is 0 Å². The van der Waals surface area contributed by atoms with Crippen molar-refractivity contribution in [3.8, 4) is 11.5 Å². The summed E-state index contributed by atoms with van der Waals surface area (Å²) in [5.74, 6) is 0.970. The van der Waals surface area contributed by atoms with Crippen molar-refractivity contribution in [1.82, 2.24) is 14.8 Å². The SMILES string of the molecule is Cc1cc(CC(=O)Nc2cnn(C(C)(C)C)c2)ccc1Oc1ccnc2ccc(S(=O)(=O)C3CCOC3)cc12. The van der Waals surface area contributed by atoms with Gasteiger partial charge < -0.3 is 14.8 Å². The van der Waals surface area contributed by atoms with Crippen molar-refractivity contribution in [3.05, 3.63) is 72.2 Å². The van der Waals surface area contributed by atoms with E-state index < -0.39 is 15.1 Å². The van der Waals surface area contributed by atoms with E-state index in [0.29, 0.717) is 41.1 Å². The smallest absolute Gasteiger partial charge is 0.228 e. The molecule has 0 aliphatic carbocycles. The van der Waals surface area contributed by atoms with Gasteiger partial charge >= 0.3 is 0 Å². The van der Waals surface area contributed by atoms with E-state index in [2.05, 4.69) is 15.4 Å². The van der Waals surface area contributed by atoms with Crippen molar-refractivity contribution in [2.24, 2.45) is 0 Å². The maximum atomic E-state index is 13.1. The molecule has 0 saturated carbocycles. The largest absolute Gasteiger partial charge is 0.456 e. The fourth-order valence-corrected chi connectivity index (χ4v) is 6.12. The third-order valence-electron chi connectivity index (χ3n) is 6.71. The first-order valence-corrected chi connectivity index (χ1v) is 14.4. The van der Waals surface area contributed by atoms with Crippen LogP contribution < -0.4 is 10.1 Å². The third-order valence-corrected chi connectivity index (χ3v) is 8.87. The molecule has 1 unspecified atom stereocenters. The van der Waals surface area contributed by atoms with Crippen LogP contribution in [0.15, 0.2) is 66.0 Å². The summed E-state index contributed by atoms with van der Waals surface area (Å²) < 4.78 is 39.6. The molecule has 1 fully saturated rings. The van der Waals surface area contributed by atoms with E-state index >= 15 is 0 Å². The number of amides is 1. The van der Waals surface area contributed by atoms with Crippen LogP contribution in [0, 0.1) is 6.92 Å². The van der Waals surface area contributed by atoms with Gasteiger partial charge in [0.1, 0.15) is 11.5 Å². The summed E-state index contributed by atoms with van der Waals surface area (Å²) in [5, 5.41) is 7.28. The molecule has 204 valence electrons. The lowest BCUT2D eigenvalue weighted by atomic mass is 10.1. The summed E-state index contributed by atoms with van der Waals surface area (Å²) in [6.45, 7) is 8.69. The van der Waals surface area contributed by atoms with Crippen LogP contribution in [0.5, 0.6) is 11.5 Å². The molecule has 2 aromatic heterocycles. The van der Waals surface area contributed by atoms with Gasteiger partial charge in [-0.25, -0.2) is 8.42 Å². The van der Waals surface area contributed by atoms with E-state index in [4.69, 9.17) is 9.47 Å². The molecule has 9 nitrogen and oxygen atoms in total. The number of anilines is 1. The molecule has 0 radical (unpaired) electrons. The van der Waals surface area contributed by atoms with Crippen LogP contribution in [0.4, 0.5) is 5.69 Å². The number of ether oxygens (including phenoxy) is 2. The van der Waals surface area contributed by atoms with E-state index in [0.717, 1.165) is 11.1 Å². The second-order valence-corrected chi connectivity index (χ2v) is 13.0. The van der Waals surface area contributed by atoms with Crippen LogP contribution in [-0.4, -0.2) is 47.6 Å². The van der Waals surface area contributed by atoms with Crippen molar-refractivity contribution in [2.75, 3.05) is 18.5 Å². The number of fused-ring (bicyclic) bond motifs is 1. The summed E-state index contributed by atoms with van der Waals surface area (Å²) in [7, 11) is -3.53. The Hall–Kier alpha value is -3.76. The number of sulfone groups is 1. The number of carbonyl (C=O) groups excluding carboxylic acids is 1. The number of nitrogens with zero attached hydrogens (tertiary/aromatic N) is 3. The second kappa shape index (κ2) is 10.4. The van der Waals surface area contributed by atoms with Crippen LogP contribution in [-0.2, 0) is 31.3 Å². The minimum Gasteiger partial charge on any atom is -0.456 e. The van der Waals surface area contributed by atoms with E-state index in [9.17, 15) is 13.2 Å². The Morgan fingerprint density at radius 3 is 2.67 bits per heavy atom. The molecule has 1 saturated heterocycles. The first kappa shape index (κ1) is 26.8. The van der Waals surface area contributed by atoms with Crippen LogP contribution in [0.25, 0.3) is 10.9 Å². The Morgan fingerprint density at radius 1 is 1.15 bits per heavy atom. The molecule has 0 bridgehead atoms. The monoisotopic (exact) mass is 548 g/mol. The Kier molecular flexibility index (Phi) is 7.17. The highest BCUT2D eigenvalue weighted by molar-refractivity contribution is 7.92. The molecule has 5 rings (SSSR count). The summed E-state index contributed by atoms with van der Waals surface area (Å²) in [5.41, 5.74) is 2.80. The zero-order valence-electron chi connectivity index (χ0n) is 22.5. The van der Waals surface area contributed by atoms with E-state index in [1.807, 2.05) is 56.8 Å². The van der Waals surface area contributed by atoms with Crippen LogP contribution in [0.2, 0.25) is 0 Å². The van der Waals surface area contributed by atoms with Crippen molar-refractivity contribution in [2.45, 2.75) is 56.2 Å². The summed E-state index contributed by atoms with van der Waals surface area (Å²) in [6, 6.07) is 12.2. The summed E-state index contributed by atoms with van der Waals surface area (Å²) in [4.78, 5) is 17.2. The highest BCUT2D eigenvalue weighted by atomic mass is 32.2. The molecule has 1 N–H and O–H groups in total. The van der Waals surface area contributed by atoms with Gasteiger partial charge in [0, 0.05) is 24.4 Å². The maximum Gasteiger partial charge on any atom is 0.228 e. The average Bonchev–Trinajstić information content (AvgIpc) is 3.58. The van der Waals surface area contributed by atoms with Crippen LogP contribution >= 0.6 is 0 Å². The topological polar surface area (TPSA) is 112 Å². The van der Waals surface area contributed by atoms with Gasteiger partial charge in [0.15, 0.2) is 9.84 Å². The molecule has 1 aliphatic heterocycles. The molecule has 1 amide bonds. The Balaban J connectivity index is 1.32. The van der Waals surface area contributed by atoms with Crippen LogP contribution in [0.3, 0.4) is 0 Å². The minimum absolute atomic E-state index is 0.141. The quantitative estimate of drug-likeness (QED) is 0.345. The summed E-state index contributed by atoms with van der Waals surface area (Å²) in [6.07, 6.45) is 5.78. The van der Waals surface area contributed by atoms with Crippen LogP contribution in [0.1, 0.15) is 38.3 Å². The number of pyridine rings is 1. The van der Waals surface area contributed by atoms with Gasteiger partial charge in [0.05, 0.1) is 46.1 Å². The molecule has 2 aromatic carbocycles. The number of aryl methyl sites for hydroxylation is 1. The molecule has 1 atom stereocenters. The van der Waals surface area contributed by atoms with Gasteiger partial charge in [-0.15, -0.1) is 0 Å². The van der Waals surface area contributed by atoms with Crippen molar-refractivity contribution < 1.29 is 22.7 Å². The minimum atomic E-state index is -3.53. The predicted octanol–water partition coefficient (Wildman–Crippen LogP) is 5.03. The first-order chi connectivity index (χ1) is 18.5. The van der Waals surface area contributed by atoms with Gasteiger partial charge in [-0.3, -0.25) is 14.5 Å². The number of hydrogen-bond acceptors (Lipinski definition) is 7. The molecule has 4 aromatic rings. The lowest BCUT2D eigenvalue weighted by Gasteiger charge is -2.18. The molecule has 3 heterocycles. The second-order valence-electron chi connectivity index (χ2n) is 10.8. The number of hydrogen-bond donors (Lipinski definition) is 1. The Labute approximate surface area is 228 Å². The molecule has 10 heteroatoms. The van der Waals surface area contributed by atoms with Gasteiger partial charge in [-0.05, 0) is 75.6 Å². The normalized spacial score (nSPS) is 15.9. The Bertz CT molecular complexity index is 1630. The Morgan fingerprint density at radius 2 is 1.97 bits per heavy atom. The molecule has 0 spiro atoms. The zero-order chi connectivity index (χ0) is 27.8. The maximum absolute atomic E-state index is 13.1. The van der Waals surface area contributed by atoms with E-state index in [1.165, 1.54) is 0 Å². The number of benzene rings is 2. The van der Waals surface area contributed by atoms with E-state index in [1.54, 1.807) is 36.7 Å². The molecule has 1 aliphatic rings. The third kappa shape index (κ3) is 5.81. The number of nitrogens with one attached hydrogen (secondary N) is 1. The van der Waals surface area contributed by atoms with Crippen molar-refractivity contribution in [1.29, 1.82) is 0 Å². The lowest BCUT2D eigenvalue weighted by molar-refractivity contribution is -0.115. The number of rotatable bonds is 7.